The molecule has 0 bridgehead atoms. The second kappa shape index (κ2) is 5.40. The van der Waals surface area contributed by atoms with Gasteiger partial charge in [-0.1, -0.05) is 6.07 Å². The molecule has 94 valence electrons. The van der Waals surface area contributed by atoms with Gasteiger partial charge < -0.3 is 10.5 Å². The number of hydrogen-bond donors (Lipinski definition) is 1. The van der Waals surface area contributed by atoms with Crippen LogP contribution in [0.4, 0.5) is 5.82 Å². The van der Waals surface area contributed by atoms with Gasteiger partial charge >= 0.3 is 0 Å². The zero-order chi connectivity index (χ0) is 13.1. The first-order valence-electron chi connectivity index (χ1n) is 5.64. The molecule has 3 nitrogen and oxygen atoms in total. The Kier molecular flexibility index (Phi) is 3.87. The van der Waals surface area contributed by atoms with Crippen molar-refractivity contribution in [1.82, 2.24) is 4.98 Å². The van der Waals surface area contributed by atoms with Crippen LogP contribution in [-0.2, 0) is 6.42 Å². The molecule has 2 aromatic rings. The van der Waals surface area contributed by atoms with Crippen molar-refractivity contribution in [3.8, 4) is 5.75 Å². The predicted molar refractivity (Wildman–Crippen MR) is 76.9 cm³/mol. The standard InChI is InChI=1S/C14H15BrN2O/c1-9-5-6-17-14(16)11(9)7-10-3-4-13(18-2)12(15)8-10/h3-6,8H,7H2,1-2H3,(H2,16,17). The molecule has 18 heavy (non-hydrogen) atoms. The van der Waals surface area contributed by atoms with Gasteiger partial charge in [0.25, 0.3) is 0 Å². The zero-order valence-electron chi connectivity index (χ0n) is 10.4. The summed E-state index contributed by atoms with van der Waals surface area (Å²) in [4.78, 5) is 4.13. The molecule has 0 amide bonds. The van der Waals surface area contributed by atoms with Crippen LogP contribution in [-0.4, -0.2) is 12.1 Å². The van der Waals surface area contributed by atoms with Crippen LogP contribution < -0.4 is 10.5 Å². The Morgan fingerprint density at radius 3 is 2.72 bits per heavy atom. The summed E-state index contributed by atoms with van der Waals surface area (Å²) in [7, 11) is 1.66. The summed E-state index contributed by atoms with van der Waals surface area (Å²) in [5.41, 5.74) is 9.33. The van der Waals surface area contributed by atoms with E-state index in [2.05, 4.69) is 20.9 Å². The third-order valence-corrected chi connectivity index (χ3v) is 3.54. The van der Waals surface area contributed by atoms with Gasteiger partial charge in [0.1, 0.15) is 11.6 Å². The Morgan fingerprint density at radius 2 is 2.11 bits per heavy atom. The van der Waals surface area contributed by atoms with E-state index in [-0.39, 0.29) is 0 Å². The summed E-state index contributed by atoms with van der Waals surface area (Å²) in [6, 6.07) is 8.01. The molecule has 0 fully saturated rings. The number of methoxy groups -OCH3 is 1. The zero-order valence-corrected chi connectivity index (χ0v) is 12.0. The molecule has 0 atom stereocenters. The van der Waals surface area contributed by atoms with Gasteiger partial charge in [-0.05, 0) is 52.2 Å². The Balaban J connectivity index is 2.32. The number of hydrogen-bond acceptors (Lipinski definition) is 3. The van der Waals surface area contributed by atoms with Gasteiger partial charge in [0.2, 0.25) is 0 Å². The number of nitrogen functional groups attached to an aromatic ring is 1. The van der Waals surface area contributed by atoms with Crippen molar-refractivity contribution in [2.24, 2.45) is 0 Å². The van der Waals surface area contributed by atoms with Crippen LogP contribution in [0.15, 0.2) is 34.9 Å². The van der Waals surface area contributed by atoms with Crippen molar-refractivity contribution in [3.05, 3.63) is 51.6 Å². The normalized spacial score (nSPS) is 10.4. The highest BCUT2D eigenvalue weighted by Gasteiger charge is 2.07. The molecule has 0 spiro atoms. The molecule has 0 aliphatic rings. The molecule has 2 N–H and O–H groups in total. The second-order valence-corrected chi connectivity index (χ2v) is 4.99. The largest absolute Gasteiger partial charge is 0.496 e. The fourth-order valence-electron chi connectivity index (χ4n) is 1.86. The van der Waals surface area contributed by atoms with Crippen molar-refractivity contribution in [2.75, 3.05) is 12.8 Å². The summed E-state index contributed by atoms with van der Waals surface area (Å²) in [6.45, 7) is 2.05. The molecule has 0 unspecified atom stereocenters. The summed E-state index contributed by atoms with van der Waals surface area (Å²) in [5.74, 6) is 1.43. The Labute approximate surface area is 115 Å². The van der Waals surface area contributed by atoms with Gasteiger partial charge in [-0.3, -0.25) is 0 Å². The molecule has 0 aliphatic carbocycles. The quantitative estimate of drug-likeness (QED) is 0.946. The number of aryl methyl sites for hydroxylation is 1. The first-order chi connectivity index (χ1) is 8.61. The van der Waals surface area contributed by atoms with E-state index in [1.807, 2.05) is 31.2 Å². The van der Waals surface area contributed by atoms with Crippen LogP contribution in [0.3, 0.4) is 0 Å². The van der Waals surface area contributed by atoms with E-state index in [4.69, 9.17) is 10.5 Å². The van der Waals surface area contributed by atoms with Gasteiger partial charge in [-0.15, -0.1) is 0 Å². The smallest absolute Gasteiger partial charge is 0.133 e. The molecule has 4 heteroatoms. The first kappa shape index (κ1) is 12.9. The van der Waals surface area contributed by atoms with Crippen molar-refractivity contribution < 1.29 is 4.74 Å². The molecular weight excluding hydrogens is 292 g/mol. The van der Waals surface area contributed by atoms with Gasteiger partial charge in [0.15, 0.2) is 0 Å². The Morgan fingerprint density at radius 1 is 1.33 bits per heavy atom. The monoisotopic (exact) mass is 306 g/mol. The average molecular weight is 307 g/mol. The van der Waals surface area contributed by atoms with Crippen LogP contribution in [0.2, 0.25) is 0 Å². The molecule has 1 aromatic heterocycles. The van der Waals surface area contributed by atoms with Crippen LogP contribution >= 0.6 is 15.9 Å². The highest BCUT2D eigenvalue weighted by molar-refractivity contribution is 9.10. The lowest BCUT2D eigenvalue weighted by molar-refractivity contribution is 0.412. The summed E-state index contributed by atoms with van der Waals surface area (Å²) in [6.07, 6.45) is 2.51. The lowest BCUT2D eigenvalue weighted by Gasteiger charge is -2.10. The van der Waals surface area contributed by atoms with Crippen molar-refractivity contribution in [1.29, 1.82) is 0 Å². The third-order valence-electron chi connectivity index (χ3n) is 2.92. The van der Waals surface area contributed by atoms with E-state index in [9.17, 15) is 0 Å². The Hall–Kier alpha value is -1.55. The molecule has 0 aliphatic heterocycles. The van der Waals surface area contributed by atoms with E-state index in [0.717, 1.165) is 27.8 Å². The maximum absolute atomic E-state index is 5.92. The van der Waals surface area contributed by atoms with Crippen LogP contribution in [0.1, 0.15) is 16.7 Å². The average Bonchev–Trinajstić information content (AvgIpc) is 2.34. The fourth-order valence-corrected chi connectivity index (χ4v) is 2.45. The number of benzene rings is 1. The number of nitrogens with zero attached hydrogens (tertiary/aromatic N) is 1. The lowest BCUT2D eigenvalue weighted by atomic mass is 10.0. The number of pyridine rings is 1. The topological polar surface area (TPSA) is 48.1 Å². The van der Waals surface area contributed by atoms with Gasteiger partial charge in [0, 0.05) is 18.2 Å². The molecule has 1 aromatic carbocycles. The number of halogens is 1. The highest BCUT2D eigenvalue weighted by atomic mass is 79.9. The summed E-state index contributed by atoms with van der Waals surface area (Å²) in [5, 5.41) is 0. The number of nitrogens with two attached hydrogens (primary N) is 1. The number of anilines is 1. The Bertz CT molecular complexity index is 549. The minimum atomic E-state index is 0.599. The van der Waals surface area contributed by atoms with Crippen molar-refractivity contribution in [3.63, 3.8) is 0 Å². The number of rotatable bonds is 3. The van der Waals surface area contributed by atoms with Crippen LogP contribution in [0.25, 0.3) is 0 Å². The van der Waals surface area contributed by atoms with Crippen LogP contribution in [0, 0.1) is 6.92 Å². The van der Waals surface area contributed by atoms with E-state index in [1.165, 1.54) is 5.56 Å². The van der Waals surface area contributed by atoms with E-state index in [1.54, 1.807) is 13.3 Å². The van der Waals surface area contributed by atoms with E-state index < -0.39 is 0 Å². The van der Waals surface area contributed by atoms with Gasteiger partial charge in [-0.2, -0.15) is 0 Å². The van der Waals surface area contributed by atoms with Gasteiger partial charge in [-0.25, -0.2) is 4.98 Å². The fraction of sp³-hybridized carbons (Fsp3) is 0.214. The van der Waals surface area contributed by atoms with Gasteiger partial charge in [0.05, 0.1) is 11.6 Å². The molecule has 0 radical (unpaired) electrons. The summed E-state index contributed by atoms with van der Waals surface area (Å²) < 4.78 is 6.16. The molecular formula is C14H15BrN2O. The SMILES string of the molecule is COc1ccc(Cc2c(C)ccnc2N)cc1Br. The third kappa shape index (κ3) is 2.64. The van der Waals surface area contributed by atoms with E-state index >= 15 is 0 Å². The maximum atomic E-state index is 5.92. The maximum Gasteiger partial charge on any atom is 0.133 e. The highest BCUT2D eigenvalue weighted by Crippen LogP contribution is 2.27. The van der Waals surface area contributed by atoms with Crippen LogP contribution in [0.5, 0.6) is 5.75 Å². The molecule has 0 saturated heterocycles. The van der Waals surface area contributed by atoms with E-state index in [0.29, 0.717) is 5.82 Å². The molecule has 2 rings (SSSR count). The lowest BCUT2D eigenvalue weighted by Crippen LogP contribution is -2.01. The molecule has 1 heterocycles. The predicted octanol–water partition coefficient (Wildman–Crippen LogP) is 3.33. The van der Waals surface area contributed by atoms with Crippen molar-refractivity contribution in [2.45, 2.75) is 13.3 Å². The second-order valence-electron chi connectivity index (χ2n) is 4.14. The minimum Gasteiger partial charge on any atom is -0.496 e. The summed E-state index contributed by atoms with van der Waals surface area (Å²) >= 11 is 3.49. The number of ether oxygens (including phenoxy) is 1. The van der Waals surface area contributed by atoms with Crippen molar-refractivity contribution >= 4 is 21.7 Å². The molecule has 0 saturated carbocycles. The first-order valence-corrected chi connectivity index (χ1v) is 6.43. The minimum absolute atomic E-state index is 0.599. The number of aromatic nitrogens is 1.